The summed E-state index contributed by atoms with van der Waals surface area (Å²) in [5.74, 6) is -1.72. The molecule has 1 aromatic rings. The van der Waals surface area contributed by atoms with Crippen molar-refractivity contribution in [1.29, 1.82) is 0 Å². The van der Waals surface area contributed by atoms with Gasteiger partial charge in [-0.05, 0) is 24.3 Å². The van der Waals surface area contributed by atoms with Crippen molar-refractivity contribution in [3.05, 3.63) is 30.1 Å². The number of carbonyl (C=O) groups is 3. The Balaban J connectivity index is 1.76. The van der Waals surface area contributed by atoms with Crippen LogP contribution in [0.3, 0.4) is 0 Å². The second kappa shape index (κ2) is 8.28. The smallest absolute Gasteiger partial charge is 0.312 e. The van der Waals surface area contributed by atoms with Gasteiger partial charge in [-0.25, -0.2) is 4.39 Å². The standard InChI is InChI=1S/C16H21FN4O3/c1-12(22)18-6-7-19-15(23)16(24)21-10-8-20(9-11-21)14-4-2-13(17)3-5-14/h2-5H,6-11H2,1H3,(H,18,22)(H,19,23). The van der Waals surface area contributed by atoms with Crippen LogP contribution in [-0.2, 0) is 14.4 Å². The summed E-state index contributed by atoms with van der Waals surface area (Å²) in [4.78, 5) is 38.1. The summed E-state index contributed by atoms with van der Waals surface area (Å²) < 4.78 is 12.9. The Morgan fingerprint density at radius 2 is 1.58 bits per heavy atom. The molecular formula is C16H21FN4O3. The van der Waals surface area contributed by atoms with E-state index in [4.69, 9.17) is 0 Å². The van der Waals surface area contributed by atoms with E-state index in [1.807, 2.05) is 4.90 Å². The molecule has 0 saturated carbocycles. The highest BCUT2D eigenvalue weighted by Gasteiger charge is 2.25. The van der Waals surface area contributed by atoms with Gasteiger partial charge in [0, 0.05) is 51.9 Å². The first kappa shape index (κ1) is 17.7. The van der Waals surface area contributed by atoms with Crippen LogP contribution < -0.4 is 15.5 Å². The number of nitrogens with one attached hydrogen (secondary N) is 2. The molecule has 2 N–H and O–H groups in total. The van der Waals surface area contributed by atoms with Gasteiger partial charge in [0.1, 0.15) is 5.82 Å². The lowest BCUT2D eigenvalue weighted by atomic mass is 10.2. The number of carbonyl (C=O) groups excluding carboxylic acids is 3. The van der Waals surface area contributed by atoms with Crippen LogP contribution >= 0.6 is 0 Å². The van der Waals surface area contributed by atoms with Gasteiger partial charge in [0.05, 0.1) is 0 Å². The summed E-state index contributed by atoms with van der Waals surface area (Å²) in [5.41, 5.74) is 0.892. The fourth-order valence-electron chi connectivity index (χ4n) is 2.45. The van der Waals surface area contributed by atoms with Crippen molar-refractivity contribution in [2.24, 2.45) is 0 Å². The van der Waals surface area contributed by atoms with E-state index >= 15 is 0 Å². The average molecular weight is 336 g/mol. The summed E-state index contributed by atoms with van der Waals surface area (Å²) in [7, 11) is 0. The highest BCUT2D eigenvalue weighted by Crippen LogP contribution is 2.16. The Morgan fingerprint density at radius 1 is 1.00 bits per heavy atom. The third-order valence-corrected chi connectivity index (χ3v) is 3.74. The summed E-state index contributed by atoms with van der Waals surface area (Å²) >= 11 is 0. The van der Waals surface area contributed by atoms with Crippen molar-refractivity contribution >= 4 is 23.4 Å². The molecule has 1 saturated heterocycles. The number of rotatable bonds is 4. The maximum atomic E-state index is 12.9. The number of hydrogen-bond donors (Lipinski definition) is 2. The average Bonchev–Trinajstić information content (AvgIpc) is 2.58. The number of anilines is 1. The van der Waals surface area contributed by atoms with Crippen molar-refractivity contribution in [2.75, 3.05) is 44.2 Å². The zero-order valence-corrected chi connectivity index (χ0v) is 13.5. The summed E-state index contributed by atoms with van der Waals surface area (Å²) in [6, 6.07) is 6.19. The topological polar surface area (TPSA) is 81.8 Å². The van der Waals surface area contributed by atoms with Crippen LogP contribution in [-0.4, -0.2) is 61.9 Å². The zero-order valence-electron chi connectivity index (χ0n) is 13.5. The molecule has 7 nitrogen and oxygen atoms in total. The number of piperazine rings is 1. The van der Waals surface area contributed by atoms with Gasteiger partial charge in [-0.2, -0.15) is 0 Å². The fourth-order valence-corrected chi connectivity index (χ4v) is 2.45. The Hall–Kier alpha value is -2.64. The minimum Gasteiger partial charge on any atom is -0.368 e. The van der Waals surface area contributed by atoms with Gasteiger partial charge in [-0.1, -0.05) is 0 Å². The predicted octanol–water partition coefficient (Wildman–Crippen LogP) is -0.273. The highest BCUT2D eigenvalue weighted by atomic mass is 19.1. The van der Waals surface area contributed by atoms with Crippen LogP contribution in [0.25, 0.3) is 0 Å². The lowest BCUT2D eigenvalue weighted by Gasteiger charge is -2.35. The normalized spacial score (nSPS) is 14.2. The number of halogens is 1. The van der Waals surface area contributed by atoms with E-state index in [0.717, 1.165) is 5.69 Å². The SMILES string of the molecule is CC(=O)NCCNC(=O)C(=O)N1CCN(c2ccc(F)cc2)CC1. The maximum absolute atomic E-state index is 12.9. The zero-order chi connectivity index (χ0) is 17.5. The van der Waals surface area contributed by atoms with Gasteiger partial charge in [-0.3, -0.25) is 14.4 Å². The quantitative estimate of drug-likeness (QED) is 0.586. The molecule has 0 aliphatic carbocycles. The van der Waals surface area contributed by atoms with Gasteiger partial charge < -0.3 is 20.4 Å². The van der Waals surface area contributed by atoms with Crippen LogP contribution in [0.4, 0.5) is 10.1 Å². The van der Waals surface area contributed by atoms with Crippen molar-refractivity contribution < 1.29 is 18.8 Å². The van der Waals surface area contributed by atoms with Crippen molar-refractivity contribution in [2.45, 2.75) is 6.92 Å². The van der Waals surface area contributed by atoms with E-state index in [1.165, 1.54) is 24.0 Å². The molecule has 0 aromatic heterocycles. The molecule has 1 heterocycles. The Labute approximate surface area is 139 Å². The molecule has 0 spiro atoms. The van der Waals surface area contributed by atoms with Gasteiger partial charge in [0.25, 0.3) is 0 Å². The van der Waals surface area contributed by atoms with E-state index < -0.39 is 11.8 Å². The molecule has 3 amide bonds. The number of amides is 3. The third kappa shape index (κ3) is 4.94. The van der Waals surface area contributed by atoms with Gasteiger partial charge >= 0.3 is 11.8 Å². The van der Waals surface area contributed by atoms with Gasteiger partial charge in [-0.15, -0.1) is 0 Å². The molecule has 8 heteroatoms. The van der Waals surface area contributed by atoms with E-state index in [2.05, 4.69) is 10.6 Å². The van der Waals surface area contributed by atoms with E-state index in [9.17, 15) is 18.8 Å². The van der Waals surface area contributed by atoms with E-state index in [1.54, 1.807) is 12.1 Å². The van der Waals surface area contributed by atoms with Crippen LogP contribution in [0.1, 0.15) is 6.92 Å². The molecule has 0 unspecified atom stereocenters. The molecule has 2 rings (SSSR count). The Kier molecular flexibility index (Phi) is 6.11. The Morgan fingerprint density at radius 3 is 2.17 bits per heavy atom. The van der Waals surface area contributed by atoms with Crippen molar-refractivity contribution in [3.8, 4) is 0 Å². The molecule has 1 aliphatic heterocycles. The van der Waals surface area contributed by atoms with Crippen LogP contribution in [0, 0.1) is 5.82 Å². The molecule has 24 heavy (non-hydrogen) atoms. The lowest BCUT2D eigenvalue weighted by Crippen LogP contribution is -2.53. The first-order chi connectivity index (χ1) is 11.5. The van der Waals surface area contributed by atoms with Gasteiger partial charge in [0.15, 0.2) is 0 Å². The molecule has 1 fully saturated rings. The van der Waals surface area contributed by atoms with E-state index in [-0.39, 0.29) is 24.8 Å². The first-order valence-corrected chi connectivity index (χ1v) is 7.79. The third-order valence-electron chi connectivity index (χ3n) is 3.74. The molecule has 1 aromatic carbocycles. The van der Waals surface area contributed by atoms with Crippen LogP contribution in [0.2, 0.25) is 0 Å². The largest absolute Gasteiger partial charge is 0.368 e. The maximum Gasteiger partial charge on any atom is 0.312 e. The minimum absolute atomic E-state index is 0.188. The number of hydrogen-bond acceptors (Lipinski definition) is 4. The van der Waals surface area contributed by atoms with Gasteiger partial charge in [0.2, 0.25) is 5.91 Å². The summed E-state index contributed by atoms with van der Waals surface area (Å²) in [6.07, 6.45) is 0. The molecular weight excluding hydrogens is 315 g/mol. The Bertz CT molecular complexity index is 598. The predicted molar refractivity (Wildman–Crippen MR) is 86.9 cm³/mol. The van der Waals surface area contributed by atoms with Crippen molar-refractivity contribution in [3.63, 3.8) is 0 Å². The second-order valence-electron chi connectivity index (χ2n) is 5.49. The number of nitrogens with zero attached hydrogens (tertiary/aromatic N) is 2. The minimum atomic E-state index is -0.671. The van der Waals surface area contributed by atoms with E-state index in [0.29, 0.717) is 26.2 Å². The first-order valence-electron chi connectivity index (χ1n) is 7.79. The summed E-state index contributed by atoms with van der Waals surface area (Å²) in [6.45, 7) is 3.89. The molecule has 130 valence electrons. The second-order valence-corrected chi connectivity index (χ2v) is 5.49. The molecule has 1 aliphatic rings. The van der Waals surface area contributed by atoms with Crippen LogP contribution in [0.15, 0.2) is 24.3 Å². The molecule has 0 atom stereocenters. The molecule has 0 bridgehead atoms. The fraction of sp³-hybridized carbons (Fsp3) is 0.438. The highest BCUT2D eigenvalue weighted by molar-refractivity contribution is 6.35. The lowest BCUT2D eigenvalue weighted by molar-refractivity contribution is -0.146. The monoisotopic (exact) mass is 336 g/mol. The number of benzene rings is 1. The van der Waals surface area contributed by atoms with Crippen LogP contribution in [0.5, 0.6) is 0 Å². The molecule has 0 radical (unpaired) electrons. The summed E-state index contributed by atoms with van der Waals surface area (Å²) in [5, 5.41) is 5.02. The van der Waals surface area contributed by atoms with Crippen molar-refractivity contribution in [1.82, 2.24) is 15.5 Å².